The van der Waals surface area contributed by atoms with Gasteiger partial charge in [0.15, 0.2) is 0 Å². The summed E-state index contributed by atoms with van der Waals surface area (Å²) in [6.45, 7) is 0. The van der Waals surface area contributed by atoms with E-state index in [4.69, 9.17) is 0 Å². The Morgan fingerprint density at radius 3 is 0.731 bits per heavy atom. The van der Waals surface area contributed by atoms with Crippen molar-refractivity contribution < 1.29 is 0 Å². The molecule has 4 aromatic rings. The molecule has 0 bridgehead atoms. The molecule has 0 heterocycles. The van der Waals surface area contributed by atoms with Crippen LogP contribution in [-0.4, -0.2) is 0 Å². The van der Waals surface area contributed by atoms with Crippen molar-refractivity contribution in [3.8, 4) is 0 Å². The van der Waals surface area contributed by atoms with E-state index in [1.54, 1.807) is 0 Å². The summed E-state index contributed by atoms with van der Waals surface area (Å²) in [5, 5.41) is 5.42. The molecule has 4 aromatic carbocycles. The first-order chi connectivity index (χ1) is 12.7. The van der Waals surface area contributed by atoms with Crippen molar-refractivity contribution in [1.82, 2.24) is 0 Å². The summed E-state index contributed by atoms with van der Waals surface area (Å²) < 4.78 is 0. The van der Waals surface area contributed by atoms with E-state index in [0.717, 1.165) is 0 Å². The van der Waals surface area contributed by atoms with Gasteiger partial charge in [0, 0.05) is 0 Å². The second kappa shape index (κ2) is 6.81. The fourth-order valence-corrected chi connectivity index (χ4v) is 10.9. The topological polar surface area (TPSA) is 0 Å². The summed E-state index contributed by atoms with van der Waals surface area (Å²) in [5.41, 5.74) is 0. The van der Waals surface area contributed by atoms with E-state index >= 15 is 0 Å². The third kappa shape index (κ3) is 2.45. The Bertz CT molecular complexity index is 812. The van der Waals surface area contributed by atoms with Crippen LogP contribution in [-0.2, 0) is 0 Å². The van der Waals surface area contributed by atoms with Gasteiger partial charge in [0.25, 0.3) is 0 Å². The second-order valence-electron chi connectivity index (χ2n) is 6.53. The van der Waals surface area contributed by atoms with E-state index in [-0.39, 0.29) is 0 Å². The van der Waals surface area contributed by atoms with Gasteiger partial charge in [-0.3, -0.25) is 0 Å². The molecule has 0 N–H and O–H groups in total. The minimum absolute atomic E-state index is 1.35. The first-order valence-corrected chi connectivity index (χ1v) is 12.6. The summed E-state index contributed by atoms with van der Waals surface area (Å²) in [7, 11) is 3.36. The maximum atomic E-state index is 3.36. The van der Waals surface area contributed by atoms with Crippen molar-refractivity contribution >= 4 is 36.4 Å². The van der Waals surface area contributed by atoms with Crippen molar-refractivity contribution in [2.75, 3.05) is 0 Å². The van der Waals surface area contributed by atoms with Gasteiger partial charge >= 0.3 is 158 Å². The van der Waals surface area contributed by atoms with Crippen LogP contribution in [0.2, 0.25) is 0 Å². The van der Waals surface area contributed by atoms with E-state index in [0.29, 0.717) is 0 Å². The molecule has 0 aliphatic heterocycles. The van der Waals surface area contributed by atoms with Gasteiger partial charge in [-0.15, -0.1) is 0 Å². The van der Waals surface area contributed by atoms with Crippen LogP contribution in [0.25, 0.3) is 0 Å². The second-order valence-corrected chi connectivity index (χ2v) is 14.1. The van der Waals surface area contributed by atoms with Gasteiger partial charge in [-0.1, -0.05) is 0 Å². The molecule has 0 nitrogen and oxygen atoms in total. The Morgan fingerprint density at radius 1 is 0.346 bits per heavy atom. The van der Waals surface area contributed by atoms with Crippen LogP contribution in [0.3, 0.4) is 0 Å². The van der Waals surface area contributed by atoms with E-state index in [2.05, 4.69) is 130 Å². The van der Waals surface area contributed by atoms with Crippen molar-refractivity contribution in [3.05, 3.63) is 121 Å². The van der Waals surface area contributed by atoms with Crippen molar-refractivity contribution in [1.29, 1.82) is 0 Å². The van der Waals surface area contributed by atoms with Crippen LogP contribution in [0.1, 0.15) is 0 Å². The van der Waals surface area contributed by atoms with Crippen LogP contribution in [0.15, 0.2) is 121 Å². The van der Waals surface area contributed by atoms with Crippen LogP contribution >= 0.6 is 15.2 Å². The van der Waals surface area contributed by atoms with E-state index in [9.17, 15) is 0 Å². The first-order valence-electron chi connectivity index (χ1n) is 8.80. The number of rotatable bonds is 4. The van der Waals surface area contributed by atoms with Crippen LogP contribution in [0.5, 0.6) is 0 Å². The van der Waals surface area contributed by atoms with Crippen LogP contribution in [0.4, 0.5) is 0 Å². The number of hydrogen-bond acceptors (Lipinski definition) is 0. The van der Waals surface area contributed by atoms with Gasteiger partial charge < -0.3 is 0 Å². The zero-order valence-corrected chi connectivity index (χ0v) is 16.6. The van der Waals surface area contributed by atoms with Gasteiger partial charge in [-0.25, -0.2) is 0 Å². The Hall–Kier alpha value is -2.26. The SMILES string of the molecule is PP(c1ccccc1)(c1ccccc1)(c1ccccc1)c1ccccc1. The van der Waals surface area contributed by atoms with E-state index < -0.39 is 6.29 Å². The van der Waals surface area contributed by atoms with Gasteiger partial charge in [0.2, 0.25) is 0 Å². The van der Waals surface area contributed by atoms with Gasteiger partial charge in [-0.2, -0.15) is 0 Å². The van der Waals surface area contributed by atoms with Crippen LogP contribution < -0.4 is 21.2 Å². The number of benzene rings is 4. The molecule has 4 rings (SSSR count). The maximum absolute atomic E-state index is 3.36. The fourth-order valence-electron chi connectivity index (χ4n) is 3.85. The summed E-state index contributed by atoms with van der Waals surface area (Å²) in [4.78, 5) is 0. The van der Waals surface area contributed by atoms with E-state index in [1.165, 1.54) is 21.2 Å². The molecule has 2 heteroatoms. The summed E-state index contributed by atoms with van der Waals surface area (Å²) in [6.07, 6.45) is -2.90. The molecule has 0 amide bonds. The molecule has 0 aromatic heterocycles. The average molecular weight is 372 g/mol. The van der Waals surface area contributed by atoms with E-state index in [1.807, 2.05) is 0 Å². The zero-order valence-electron chi connectivity index (χ0n) is 14.6. The van der Waals surface area contributed by atoms with Crippen LogP contribution in [0, 0.1) is 0 Å². The Labute approximate surface area is 157 Å². The molecule has 0 aliphatic carbocycles. The van der Waals surface area contributed by atoms with Crippen molar-refractivity contribution in [2.24, 2.45) is 0 Å². The predicted octanol–water partition coefficient (Wildman–Crippen LogP) is 4.63. The third-order valence-corrected chi connectivity index (χ3v) is 14.2. The van der Waals surface area contributed by atoms with Gasteiger partial charge in [0.05, 0.1) is 0 Å². The molecule has 128 valence electrons. The normalized spacial score (nSPS) is 12.9. The minimum atomic E-state index is -2.90. The Balaban J connectivity index is 2.23. The fraction of sp³-hybridized carbons (Fsp3) is 0. The first kappa shape index (κ1) is 17.2. The number of hydrogen-bond donors (Lipinski definition) is 0. The van der Waals surface area contributed by atoms with Crippen molar-refractivity contribution in [2.45, 2.75) is 0 Å². The molecule has 0 aliphatic rings. The molecule has 0 saturated heterocycles. The molecule has 0 saturated carbocycles. The quantitative estimate of drug-likeness (QED) is 0.458. The summed E-state index contributed by atoms with van der Waals surface area (Å²) in [6, 6.07) is 43.8. The molecule has 1 unspecified atom stereocenters. The predicted molar refractivity (Wildman–Crippen MR) is 121 cm³/mol. The molecular formula is C24H22P2. The zero-order chi connectivity index (χ0) is 17.9. The standard InChI is InChI=1S/C24H22P2/c25-26(21-13-5-1-6-14-21,22-15-7-2-8-16-22,23-17-9-3-10-18-23)24-19-11-4-12-20-24/h1-20H,25H2. The monoisotopic (exact) mass is 372 g/mol. The summed E-state index contributed by atoms with van der Waals surface area (Å²) in [5.74, 6) is 0. The molecule has 1 atom stereocenters. The molecule has 26 heavy (non-hydrogen) atoms. The summed E-state index contributed by atoms with van der Waals surface area (Å²) >= 11 is 0. The third-order valence-electron chi connectivity index (χ3n) is 5.17. The molecule has 0 spiro atoms. The van der Waals surface area contributed by atoms with Gasteiger partial charge in [0.1, 0.15) is 0 Å². The Morgan fingerprint density at radius 2 is 0.538 bits per heavy atom. The van der Waals surface area contributed by atoms with Crippen molar-refractivity contribution in [3.63, 3.8) is 0 Å². The molecule has 0 fully saturated rings. The average Bonchev–Trinajstić information content (AvgIpc) is 2.76. The van der Waals surface area contributed by atoms with Gasteiger partial charge in [-0.05, 0) is 0 Å². The molecular weight excluding hydrogens is 350 g/mol. The molecule has 0 radical (unpaired) electrons. The Kier molecular flexibility index (Phi) is 4.49.